The van der Waals surface area contributed by atoms with Gasteiger partial charge in [-0.15, -0.1) is 0 Å². The van der Waals surface area contributed by atoms with E-state index in [2.05, 4.69) is 10.4 Å². The Kier molecular flexibility index (Phi) is 3.62. The van der Waals surface area contributed by atoms with Gasteiger partial charge < -0.3 is 10.4 Å². The molecule has 0 bridgehead atoms. The maximum absolute atomic E-state index is 11.9. The summed E-state index contributed by atoms with van der Waals surface area (Å²) in [6.45, 7) is 2.48. The second-order valence-corrected chi connectivity index (χ2v) is 4.12. The van der Waals surface area contributed by atoms with Crippen LogP contribution in [0.1, 0.15) is 17.3 Å². The van der Waals surface area contributed by atoms with Crippen molar-refractivity contribution in [3.63, 3.8) is 0 Å². The lowest BCUT2D eigenvalue weighted by atomic mass is 10.2. The van der Waals surface area contributed by atoms with E-state index in [1.165, 1.54) is 6.07 Å². The van der Waals surface area contributed by atoms with E-state index < -0.39 is 0 Å². The molecule has 0 aliphatic heterocycles. The molecule has 0 fully saturated rings. The molecule has 94 valence electrons. The lowest BCUT2D eigenvalue weighted by molar-refractivity contribution is 0.0933. The second-order valence-electron chi connectivity index (χ2n) is 4.12. The van der Waals surface area contributed by atoms with Gasteiger partial charge in [-0.3, -0.25) is 9.48 Å². The first kappa shape index (κ1) is 12.2. The van der Waals surface area contributed by atoms with E-state index in [4.69, 9.17) is 0 Å². The normalized spacial score (nSPS) is 12.1. The summed E-state index contributed by atoms with van der Waals surface area (Å²) in [6.07, 6.45) is 3.53. The molecule has 0 aliphatic rings. The summed E-state index contributed by atoms with van der Waals surface area (Å²) in [6, 6.07) is 8.24. The topological polar surface area (TPSA) is 67.2 Å². The summed E-state index contributed by atoms with van der Waals surface area (Å²) in [5.74, 6) is -0.297. The van der Waals surface area contributed by atoms with Crippen molar-refractivity contribution < 1.29 is 9.90 Å². The number of amides is 1. The average molecular weight is 245 g/mol. The zero-order chi connectivity index (χ0) is 13.0. The number of nitrogens with one attached hydrogen (secondary N) is 1. The zero-order valence-corrected chi connectivity index (χ0v) is 10.1. The number of benzene rings is 1. The van der Waals surface area contributed by atoms with Crippen LogP contribution in [0.25, 0.3) is 0 Å². The van der Waals surface area contributed by atoms with Gasteiger partial charge in [0.2, 0.25) is 0 Å². The van der Waals surface area contributed by atoms with Crippen LogP contribution in [0.2, 0.25) is 0 Å². The minimum Gasteiger partial charge on any atom is -0.507 e. The van der Waals surface area contributed by atoms with Crippen LogP contribution >= 0.6 is 0 Å². The summed E-state index contributed by atoms with van der Waals surface area (Å²) in [5, 5.41) is 16.5. The SMILES string of the molecule is CC(Cn1cccn1)NC(=O)c1ccccc1O. The van der Waals surface area contributed by atoms with E-state index in [0.29, 0.717) is 6.54 Å². The molecule has 1 unspecified atom stereocenters. The summed E-state index contributed by atoms with van der Waals surface area (Å²) >= 11 is 0. The first-order chi connectivity index (χ1) is 8.66. The van der Waals surface area contributed by atoms with Crippen molar-refractivity contribution in [2.75, 3.05) is 0 Å². The maximum atomic E-state index is 11.9. The molecule has 5 heteroatoms. The predicted octanol–water partition coefficient (Wildman–Crippen LogP) is 1.41. The lowest BCUT2D eigenvalue weighted by Gasteiger charge is -2.14. The van der Waals surface area contributed by atoms with E-state index in [1.54, 1.807) is 29.1 Å². The Morgan fingerprint density at radius 2 is 2.22 bits per heavy atom. The van der Waals surface area contributed by atoms with Crippen molar-refractivity contribution in [2.24, 2.45) is 0 Å². The highest BCUT2D eigenvalue weighted by atomic mass is 16.3. The molecule has 1 atom stereocenters. The highest BCUT2D eigenvalue weighted by Crippen LogP contribution is 2.15. The number of phenols is 1. The number of rotatable bonds is 4. The third-order valence-electron chi connectivity index (χ3n) is 2.55. The van der Waals surface area contributed by atoms with Gasteiger partial charge in [0, 0.05) is 18.4 Å². The van der Waals surface area contributed by atoms with Crippen molar-refractivity contribution >= 4 is 5.91 Å². The van der Waals surface area contributed by atoms with Crippen LogP contribution in [-0.2, 0) is 6.54 Å². The molecule has 2 rings (SSSR count). The van der Waals surface area contributed by atoms with Crippen LogP contribution in [-0.4, -0.2) is 26.8 Å². The molecule has 2 aromatic rings. The fourth-order valence-corrected chi connectivity index (χ4v) is 1.70. The molecule has 1 aromatic carbocycles. The van der Waals surface area contributed by atoms with Crippen molar-refractivity contribution in [1.82, 2.24) is 15.1 Å². The van der Waals surface area contributed by atoms with E-state index >= 15 is 0 Å². The van der Waals surface area contributed by atoms with Gasteiger partial charge in [0.05, 0.1) is 12.1 Å². The first-order valence-corrected chi connectivity index (χ1v) is 5.73. The molecule has 0 spiro atoms. The number of nitrogens with zero attached hydrogens (tertiary/aromatic N) is 2. The molecule has 2 N–H and O–H groups in total. The highest BCUT2D eigenvalue weighted by Gasteiger charge is 2.13. The summed E-state index contributed by atoms with van der Waals surface area (Å²) < 4.78 is 1.75. The van der Waals surface area contributed by atoms with Crippen molar-refractivity contribution in [3.05, 3.63) is 48.3 Å². The largest absolute Gasteiger partial charge is 0.507 e. The maximum Gasteiger partial charge on any atom is 0.255 e. The Morgan fingerprint density at radius 3 is 2.89 bits per heavy atom. The van der Waals surface area contributed by atoms with E-state index in [9.17, 15) is 9.90 Å². The number of carbonyl (C=O) groups excluding carboxylic acids is 1. The molecule has 1 aromatic heterocycles. The van der Waals surface area contributed by atoms with Crippen LogP contribution in [0.5, 0.6) is 5.75 Å². The van der Waals surface area contributed by atoms with E-state index in [0.717, 1.165) is 0 Å². The van der Waals surface area contributed by atoms with Crippen molar-refractivity contribution in [1.29, 1.82) is 0 Å². The second kappa shape index (κ2) is 5.35. The molecule has 0 aliphatic carbocycles. The number of hydrogen-bond acceptors (Lipinski definition) is 3. The number of carbonyl (C=O) groups is 1. The number of aromatic nitrogens is 2. The van der Waals surface area contributed by atoms with Crippen LogP contribution in [0.4, 0.5) is 0 Å². The van der Waals surface area contributed by atoms with Crippen LogP contribution in [0.3, 0.4) is 0 Å². The standard InChI is InChI=1S/C13H15N3O2/c1-10(9-16-8-4-7-14-16)15-13(18)11-5-2-3-6-12(11)17/h2-8,10,17H,9H2,1H3,(H,15,18). The van der Waals surface area contributed by atoms with Gasteiger partial charge in [-0.1, -0.05) is 12.1 Å². The number of phenolic OH excluding ortho intramolecular Hbond substituents is 1. The smallest absolute Gasteiger partial charge is 0.255 e. The summed E-state index contributed by atoms with van der Waals surface area (Å²) in [5.41, 5.74) is 0.282. The molecule has 0 saturated heterocycles. The highest BCUT2D eigenvalue weighted by molar-refractivity contribution is 5.96. The molecule has 1 amide bonds. The fourth-order valence-electron chi connectivity index (χ4n) is 1.70. The van der Waals surface area contributed by atoms with Crippen LogP contribution in [0.15, 0.2) is 42.7 Å². The molecular weight excluding hydrogens is 230 g/mol. The Labute approximate surface area is 105 Å². The number of aromatic hydroxyl groups is 1. The average Bonchev–Trinajstić information content (AvgIpc) is 2.82. The fraction of sp³-hybridized carbons (Fsp3) is 0.231. The number of hydrogen-bond donors (Lipinski definition) is 2. The van der Waals surface area contributed by atoms with Gasteiger partial charge in [0.1, 0.15) is 5.75 Å². The minimum atomic E-state index is -0.284. The third kappa shape index (κ3) is 2.88. The summed E-state index contributed by atoms with van der Waals surface area (Å²) in [4.78, 5) is 11.9. The van der Waals surface area contributed by atoms with E-state index in [1.807, 2.05) is 19.2 Å². The van der Waals surface area contributed by atoms with Gasteiger partial charge in [-0.2, -0.15) is 5.10 Å². The molecule has 0 radical (unpaired) electrons. The Morgan fingerprint density at radius 1 is 1.44 bits per heavy atom. The zero-order valence-electron chi connectivity index (χ0n) is 10.1. The lowest BCUT2D eigenvalue weighted by Crippen LogP contribution is -2.35. The van der Waals surface area contributed by atoms with Crippen molar-refractivity contribution in [2.45, 2.75) is 19.5 Å². The van der Waals surface area contributed by atoms with Gasteiger partial charge in [0.25, 0.3) is 5.91 Å². The van der Waals surface area contributed by atoms with Crippen LogP contribution in [0, 0.1) is 0 Å². The van der Waals surface area contributed by atoms with Gasteiger partial charge in [-0.05, 0) is 25.1 Å². The third-order valence-corrected chi connectivity index (χ3v) is 2.55. The molecular formula is C13H15N3O2. The van der Waals surface area contributed by atoms with Gasteiger partial charge in [-0.25, -0.2) is 0 Å². The Bertz CT molecular complexity index is 523. The van der Waals surface area contributed by atoms with E-state index in [-0.39, 0.29) is 23.3 Å². The quantitative estimate of drug-likeness (QED) is 0.855. The van der Waals surface area contributed by atoms with Gasteiger partial charge >= 0.3 is 0 Å². The molecule has 1 heterocycles. The first-order valence-electron chi connectivity index (χ1n) is 5.73. The Balaban J connectivity index is 1.97. The molecule has 5 nitrogen and oxygen atoms in total. The molecule has 18 heavy (non-hydrogen) atoms. The Hall–Kier alpha value is -2.30. The predicted molar refractivity (Wildman–Crippen MR) is 67.3 cm³/mol. The monoisotopic (exact) mass is 245 g/mol. The minimum absolute atomic E-state index is 0.0127. The molecule has 0 saturated carbocycles. The van der Waals surface area contributed by atoms with Crippen molar-refractivity contribution in [3.8, 4) is 5.75 Å². The number of para-hydroxylation sites is 1. The van der Waals surface area contributed by atoms with Gasteiger partial charge in [0.15, 0.2) is 0 Å². The summed E-state index contributed by atoms with van der Waals surface area (Å²) in [7, 11) is 0. The van der Waals surface area contributed by atoms with Crippen LogP contribution < -0.4 is 5.32 Å².